The van der Waals surface area contributed by atoms with Crippen molar-refractivity contribution in [2.24, 2.45) is 0 Å². The monoisotopic (exact) mass is 349 g/mol. The number of hydrogen-bond acceptors (Lipinski definition) is 5. The first kappa shape index (κ1) is 17.8. The van der Waals surface area contributed by atoms with Crippen molar-refractivity contribution in [2.75, 3.05) is 24.6 Å². The van der Waals surface area contributed by atoms with E-state index < -0.39 is 16.0 Å². The molecule has 0 saturated heterocycles. The topological polar surface area (TPSA) is 72.9 Å². The standard InChI is InChI=1S/C17H19NO5S/c1-3-22-17(19)13-23-15-9-7-8-14(12-15)18(2)24(20,21)16-10-5-4-6-11-16/h4-12H,3,13H2,1-2H3. The summed E-state index contributed by atoms with van der Waals surface area (Å²) < 4.78 is 36.5. The Balaban J connectivity index is 2.17. The predicted molar refractivity (Wildman–Crippen MR) is 90.6 cm³/mol. The lowest BCUT2D eigenvalue weighted by Crippen LogP contribution is -2.26. The van der Waals surface area contributed by atoms with Crippen LogP contribution >= 0.6 is 0 Å². The number of benzene rings is 2. The van der Waals surface area contributed by atoms with E-state index in [4.69, 9.17) is 9.47 Å². The van der Waals surface area contributed by atoms with Gasteiger partial charge in [0.1, 0.15) is 5.75 Å². The van der Waals surface area contributed by atoms with E-state index in [1.165, 1.54) is 23.5 Å². The van der Waals surface area contributed by atoms with Crippen molar-refractivity contribution in [1.29, 1.82) is 0 Å². The van der Waals surface area contributed by atoms with Crippen LogP contribution in [0.15, 0.2) is 59.5 Å². The Morgan fingerprint density at radius 1 is 1.08 bits per heavy atom. The van der Waals surface area contributed by atoms with Crippen LogP contribution in [0.1, 0.15) is 6.92 Å². The van der Waals surface area contributed by atoms with E-state index in [1.807, 2.05) is 0 Å². The molecule has 0 heterocycles. The van der Waals surface area contributed by atoms with Crippen LogP contribution in [0.5, 0.6) is 5.75 Å². The third-order valence-electron chi connectivity index (χ3n) is 3.24. The molecule has 0 aromatic heterocycles. The summed E-state index contributed by atoms with van der Waals surface area (Å²) in [6, 6.07) is 14.7. The molecule has 2 aromatic rings. The van der Waals surface area contributed by atoms with Crippen molar-refractivity contribution in [1.82, 2.24) is 0 Å². The quantitative estimate of drug-likeness (QED) is 0.718. The molecular weight excluding hydrogens is 330 g/mol. The number of carbonyl (C=O) groups excluding carboxylic acids is 1. The molecule has 0 aliphatic heterocycles. The molecule has 0 aliphatic carbocycles. The number of carbonyl (C=O) groups is 1. The lowest BCUT2D eigenvalue weighted by Gasteiger charge is -2.20. The average Bonchev–Trinajstić information content (AvgIpc) is 2.60. The third-order valence-corrected chi connectivity index (χ3v) is 5.04. The number of anilines is 1. The normalized spacial score (nSPS) is 10.9. The summed E-state index contributed by atoms with van der Waals surface area (Å²) in [6.07, 6.45) is 0. The molecule has 0 amide bonds. The number of nitrogens with zero attached hydrogens (tertiary/aromatic N) is 1. The van der Waals surface area contributed by atoms with Crippen molar-refractivity contribution in [3.05, 3.63) is 54.6 Å². The van der Waals surface area contributed by atoms with Crippen LogP contribution in [0.4, 0.5) is 5.69 Å². The van der Waals surface area contributed by atoms with E-state index >= 15 is 0 Å². The summed E-state index contributed by atoms with van der Waals surface area (Å²) in [7, 11) is -2.20. The number of sulfonamides is 1. The second kappa shape index (κ2) is 7.83. The largest absolute Gasteiger partial charge is 0.482 e. The third kappa shape index (κ3) is 4.26. The van der Waals surface area contributed by atoms with E-state index in [2.05, 4.69) is 0 Å². The maximum absolute atomic E-state index is 12.6. The van der Waals surface area contributed by atoms with Gasteiger partial charge < -0.3 is 9.47 Å². The fraction of sp³-hybridized carbons (Fsp3) is 0.235. The molecule has 0 saturated carbocycles. The highest BCUT2D eigenvalue weighted by Gasteiger charge is 2.21. The van der Waals surface area contributed by atoms with Crippen molar-refractivity contribution >= 4 is 21.7 Å². The van der Waals surface area contributed by atoms with Gasteiger partial charge >= 0.3 is 5.97 Å². The Morgan fingerprint density at radius 3 is 2.46 bits per heavy atom. The average molecular weight is 349 g/mol. The van der Waals surface area contributed by atoms with Crippen molar-refractivity contribution in [3.8, 4) is 5.75 Å². The molecule has 128 valence electrons. The molecule has 2 rings (SSSR count). The zero-order valence-electron chi connectivity index (χ0n) is 13.5. The molecule has 0 fully saturated rings. The van der Waals surface area contributed by atoms with Gasteiger partial charge in [0.25, 0.3) is 10.0 Å². The molecule has 7 heteroatoms. The van der Waals surface area contributed by atoms with Gasteiger partial charge in [0, 0.05) is 13.1 Å². The molecule has 0 bridgehead atoms. The van der Waals surface area contributed by atoms with Gasteiger partial charge in [-0.2, -0.15) is 0 Å². The SMILES string of the molecule is CCOC(=O)COc1cccc(N(C)S(=O)(=O)c2ccccc2)c1. The second-order valence-electron chi connectivity index (χ2n) is 4.88. The minimum Gasteiger partial charge on any atom is -0.482 e. The van der Waals surface area contributed by atoms with Crippen LogP contribution in [-0.4, -0.2) is 34.6 Å². The fourth-order valence-electron chi connectivity index (χ4n) is 2.00. The van der Waals surface area contributed by atoms with Gasteiger partial charge in [-0.3, -0.25) is 4.31 Å². The molecule has 24 heavy (non-hydrogen) atoms. The molecule has 0 N–H and O–H groups in total. The van der Waals surface area contributed by atoms with Crippen LogP contribution in [0.2, 0.25) is 0 Å². The summed E-state index contributed by atoms with van der Waals surface area (Å²) in [4.78, 5) is 11.5. The molecule has 0 spiro atoms. The van der Waals surface area contributed by atoms with Gasteiger partial charge in [-0.1, -0.05) is 24.3 Å². The fourth-order valence-corrected chi connectivity index (χ4v) is 3.21. The van der Waals surface area contributed by atoms with Gasteiger partial charge in [-0.25, -0.2) is 13.2 Å². The Morgan fingerprint density at radius 2 is 1.79 bits per heavy atom. The van der Waals surface area contributed by atoms with Crippen molar-refractivity contribution in [2.45, 2.75) is 11.8 Å². The van der Waals surface area contributed by atoms with E-state index in [0.717, 1.165) is 0 Å². The summed E-state index contributed by atoms with van der Waals surface area (Å²) in [5.74, 6) is -0.0937. The van der Waals surface area contributed by atoms with Gasteiger partial charge in [-0.15, -0.1) is 0 Å². The highest BCUT2D eigenvalue weighted by molar-refractivity contribution is 7.92. The lowest BCUT2D eigenvalue weighted by atomic mass is 10.3. The summed E-state index contributed by atoms with van der Waals surface area (Å²) in [5.41, 5.74) is 0.431. The molecular formula is C17H19NO5S. The van der Waals surface area contributed by atoms with E-state index in [-0.39, 0.29) is 18.1 Å². The first-order chi connectivity index (χ1) is 11.4. The van der Waals surface area contributed by atoms with Gasteiger partial charge in [0.05, 0.1) is 17.2 Å². The van der Waals surface area contributed by atoms with Crippen LogP contribution < -0.4 is 9.04 Å². The van der Waals surface area contributed by atoms with Crippen LogP contribution in [-0.2, 0) is 19.6 Å². The Hall–Kier alpha value is -2.54. The van der Waals surface area contributed by atoms with Gasteiger partial charge in [0.15, 0.2) is 6.61 Å². The zero-order valence-corrected chi connectivity index (χ0v) is 14.3. The molecule has 0 radical (unpaired) electrons. The predicted octanol–water partition coefficient (Wildman–Crippen LogP) is 2.45. The van der Waals surface area contributed by atoms with Crippen LogP contribution in [0, 0.1) is 0 Å². The maximum Gasteiger partial charge on any atom is 0.344 e. The summed E-state index contributed by atoms with van der Waals surface area (Å²) >= 11 is 0. The highest BCUT2D eigenvalue weighted by atomic mass is 32.2. The maximum atomic E-state index is 12.6. The number of ether oxygens (including phenoxy) is 2. The first-order valence-corrected chi connectivity index (χ1v) is 8.81. The minimum atomic E-state index is -3.66. The molecule has 0 unspecified atom stereocenters. The Bertz CT molecular complexity index is 790. The molecule has 0 atom stereocenters. The number of rotatable bonds is 7. The number of hydrogen-bond donors (Lipinski definition) is 0. The molecule has 0 aliphatic rings. The van der Waals surface area contributed by atoms with Crippen LogP contribution in [0.25, 0.3) is 0 Å². The van der Waals surface area contributed by atoms with E-state index in [0.29, 0.717) is 11.4 Å². The van der Waals surface area contributed by atoms with Crippen LogP contribution in [0.3, 0.4) is 0 Å². The first-order valence-electron chi connectivity index (χ1n) is 7.37. The van der Waals surface area contributed by atoms with E-state index in [9.17, 15) is 13.2 Å². The Kier molecular flexibility index (Phi) is 5.81. The summed E-state index contributed by atoms with van der Waals surface area (Å²) in [5, 5.41) is 0. The molecule has 6 nitrogen and oxygen atoms in total. The Labute approximate surface area is 141 Å². The lowest BCUT2D eigenvalue weighted by molar-refractivity contribution is -0.145. The highest BCUT2D eigenvalue weighted by Crippen LogP contribution is 2.25. The number of esters is 1. The zero-order chi connectivity index (χ0) is 17.6. The second-order valence-corrected chi connectivity index (χ2v) is 6.85. The minimum absolute atomic E-state index is 0.199. The summed E-state index contributed by atoms with van der Waals surface area (Å²) in [6.45, 7) is 1.76. The van der Waals surface area contributed by atoms with Gasteiger partial charge in [0.2, 0.25) is 0 Å². The van der Waals surface area contributed by atoms with E-state index in [1.54, 1.807) is 49.4 Å². The van der Waals surface area contributed by atoms with Gasteiger partial charge in [-0.05, 0) is 31.2 Å². The van der Waals surface area contributed by atoms with Crippen molar-refractivity contribution < 1.29 is 22.7 Å². The smallest absolute Gasteiger partial charge is 0.344 e. The van der Waals surface area contributed by atoms with Crippen molar-refractivity contribution in [3.63, 3.8) is 0 Å². The molecule has 2 aromatic carbocycles.